The molecule has 0 fully saturated rings. The lowest BCUT2D eigenvalue weighted by molar-refractivity contribution is 0.339. The fourth-order valence-electron chi connectivity index (χ4n) is 2.67. The van der Waals surface area contributed by atoms with Crippen LogP contribution in [-0.2, 0) is 13.0 Å². The molecule has 0 radical (unpaired) electrons. The highest BCUT2D eigenvalue weighted by molar-refractivity contribution is 14.0. The first-order valence-corrected chi connectivity index (χ1v) is 9.93. The van der Waals surface area contributed by atoms with Crippen LogP contribution in [0.4, 0.5) is 0 Å². The quantitative estimate of drug-likeness (QED) is 0.265. The normalized spacial score (nSPS) is 12.1. The molecule has 6 nitrogen and oxygen atoms in total. The van der Waals surface area contributed by atoms with Crippen molar-refractivity contribution in [1.29, 1.82) is 0 Å². The number of aliphatic imine (C=N–C) groups is 1. The molecule has 2 aromatic rings. The van der Waals surface area contributed by atoms with Gasteiger partial charge in [0.25, 0.3) is 0 Å². The minimum absolute atomic E-state index is 0. The van der Waals surface area contributed by atoms with Gasteiger partial charge in [-0.2, -0.15) is 0 Å². The number of guanidine groups is 1. The number of phenols is 1. The Balaban J connectivity index is 0.00000392. The first-order chi connectivity index (χ1) is 13.1. The van der Waals surface area contributed by atoms with Crippen LogP contribution in [0.25, 0.3) is 0 Å². The van der Waals surface area contributed by atoms with Crippen molar-refractivity contribution < 1.29 is 14.6 Å². The van der Waals surface area contributed by atoms with E-state index >= 15 is 0 Å². The van der Waals surface area contributed by atoms with Gasteiger partial charge < -0.3 is 25.2 Å². The Morgan fingerprint density at radius 2 is 1.89 bits per heavy atom. The van der Waals surface area contributed by atoms with Gasteiger partial charge in [-0.25, -0.2) is 4.99 Å². The van der Waals surface area contributed by atoms with Crippen molar-refractivity contribution in [2.45, 2.75) is 26.8 Å². The summed E-state index contributed by atoms with van der Waals surface area (Å²) in [4.78, 5) is 6.04. The summed E-state index contributed by atoms with van der Waals surface area (Å²) in [6.45, 7) is 6.34. The number of hydrogen-bond donors (Lipinski definition) is 3. The molecule has 0 aliphatic carbocycles. The van der Waals surface area contributed by atoms with E-state index in [1.807, 2.05) is 6.92 Å². The van der Waals surface area contributed by atoms with E-state index in [9.17, 15) is 5.11 Å². The lowest BCUT2D eigenvalue weighted by Gasteiger charge is -2.16. The second kappa shape index (κ2) is 12.7. The maximum atomic E-state index is 10.0. The van der Waals surface area contributed by atoms with E-state index in [0.717, 1.165) is 31.0 Å². The van der Waals surface area contributed by atoms with Crippen LogP contribution in [0.15, 0.2) is 34.6 Å². The first-order valence-electron chi connectivity index (χ1n) is 9.05. The smallest absolute Gasteiger partial charge is 0.200 e. The molecule has 0 spiro atoms. The van der Waals surface area contributed by atoms with Gasteiger partial charge in [0.2, 0.25) is 5.75 Å². The fourth-order valence-corrected chi connectivity index (χ4v) is 3.54. The molecule has 1 aromatic heterocycles. The van der Waals surface area contributed by atoms with Crippen molar-refractivity contribution in [3.63, 3.8) is 0 Å². The zero-order valence-corrected chi connectivity index (χ0v) is 20.0. The van der Waals surface area contributed by atoms with Crippen molar-refractivity contribution in [2.24, 2.45) is 10.9 Å². The summed E-state index contributed by atoms with van der Waals surface area (Å²) in [5.41, 5.74) is 0.894. The van der Waals surface area contributed by atoms with Gasteiger partial charge in [0.05, 0.1) is 20.8 Å². The predicted octanol–water partition coefficient (Wildman–Crippen LogP) is 4.02. The first kappa shape index (κ1) is 24.4. The largest absolute Gasteiger partial charge is 0.502 e. The molecule has 156 valence electrons. The fraction of sp³-hybridized carbons (Fsp3) is 0.450. The second-order valence-corrected chi connectivity index (χ2v) is 7.35. The van der Waals surface area contributed by atoms with E-state index in [-0.39, 0.29) is 29.7 Å². The Kier molecular flexibility index (Phi) is 11.1. The number of halogens is 1. The van der Waals surface area contributed by atoms with Crippen molar-refractivity contribution >= 4 is 41.3 Å². The van der Waals surface area contributed by atoms with Crippen LogP contribution >= 0.6 is 35.3 Å². The molecule has 1 atom stereocenters. The standard InChI is InChI=1S/C20H29N3O3S.HI/c1-5-21-20(22-12-14(2)9-16-7-6-8-27-16)23-13-15-10-17(25-3)19(24)18(11-15)26-4;/h6-8,10-11,14,24H,5,9,12-13H2,1-4H3,(H2,21,22,23);1H. The molecule has 0 amide bonds. The second-order valence-electron chi connectivity index (χ2n) is 6.31. The van der Waals surface area contributed by atoms with E-state index in [2.05, 4.69) is 40.1 Å². The topological polar surface area (TPSA) is 75.1 Å². The van der Waals surface area contributed by atoms with Crippen LogP contribution in [0.3, 0.4) is 0 Å². The molecule has 3 N–H and O–H groups in total. The number of rotatable bonds is 9. The Hall–Kier alpha value is -1.68. The minimum atomic E-state index is 0. The molecule has 1 aromatic carbocycles. The Labute approximate surface area is 188 Å². The highest BCUT2D eigenvalue weighted by Gasteiger charge is 2.11. The lowest BCUT2D eigenvalue weighted by atomic mass is 10.1. The summed E-state index contributed by atoms with van der Waals surface area (Å²) in [6, 6.07) is 7.80. The third-order valence-corrected chi connectivity index (χ3v) is 4.95. The monoisotopic (exact) mass is 519 g/mol. The van der Waals surface area contributed by atoms with Crippen molar-refractivity contribution in [3.05, 3.63) is 40.1 Å². The number of nitrogens with one attached hydrogen (secondary N) is 2. The summed E-state index contributed by atoms with van der Waals surface area (Å²) in [5.74, 6) is 2.02. The average molecular weight is 519 g/mol. The van der Waals surface area contributed by atoms with Crippen molar-refractivity contribution in [1.82, 2.24) is 10.6 Å². The number of ether oxygens (including phenoxy) is 2. The summed E-state index contributed by atoms with van der Waals surface area (Å²) in [7, 11) is 3.03. The third-order valence-electron chi connectivity index (χ3n) is 4.05. The molecule has 0 saturated heterocycles. The predicted molar refractivity (Wildman–Crippen MR) is 127 cm³/mol. The lowest BCUT2D eigenvalue weighted by Crippen LogP contribution is -2.39. The zero-order chi connectivity index (χ0) is 19.6. The molecule has 1 heterocycles. The number of phenolic OH excluding ortho intramolecular Hbond substituents is 1. The van der Waals surface area contributed by atoms with Crippen molar-refractivity contribution in [3.8, 4) is 17.2 Å². The van der Waals surface area contributed by atoms with E-state index in [0.29, 0.717) is 24.0 Å². The zero-order valence-electron chi connectivity index (χ0n) is 16.8. The maximum absolute atomic E-state index is 10.0. The van der Waals surface area contributed by atoms with Gasteiger partial charge >= 0.3 is 0 Å². The number of aromatic hydroxyl groups is 1. The van der Waals surface area contributed by atoms with Gasteiger partial charge in [-0.15, -0.1) is 35.3 Å². The molecule has 0 saturated carbocycles. The van der Waals surface area contributed by atoms with Gasteiger partial charge in [0, 0.05) is 18.0 Å². The van der Waals surface area contributed by atoms with Gasteiger partial charge in [0.15, 0.2) is 17.5 Å². The number of thiophene rings is 1. The Morgan fingerprint density at radius 1 is 1.21 bits per heavy atom. The molecule has 8 heteroatoms. The highest BCUT2D eigenvalue weighted by atomic mass is 127. The van der Waals surface area contributed by atoms with Gasteiger partial charge in [0.1, 0.15) is 0 Å². The van der Waals surface area contributed by atoms with Gasteiger partial charge in [-0.3, -0.25) is 0 Å². The molecular weight excluding hydrogens is 489 g/mol. The molecule has 1 unspecified atom stereocenters. The SMILES string of the molecule is CCNC(=NCc1cc(OC)c(O)c(OC)c1)NCC(C)Cc1cccs1.I. The number of benzene rings is 1. The van der Waals surface area contributed by atoms with Crippen molar-refractivity contribution in [2.75, 3.05) is 27.3 Å². The van der Waals surface area contributed by atoms with E-state index in [1.165, 1.54) is 19.1 Å². The summed E-state index contributed by atoms with van der Waals surface area (Å²) < 4.78 is 10.4. The number of methoxy groups -OCH3 is 2. The Bertz CT molecular complexity index is 713. The summed E-state index contributed by atoms with van der Waals surface area (Å²) in [5, 5.41) is 18.8. The van der Waals surface area contributed by atoms with E-state index in [1.54, 1.807) is 23.5 Å². The Morgan fingerprint density at radius 3 is 2.43 bits per heavy atom. The average Bonchev–Trinajstić information content (AvgIpc) is 3.17. The minimum Gasteiger partial charge on any atom is -0.502 e. The molecule has 28 heavy (non-hydrogen) atoms. The molecule has 0 aliphatic heterocycles. The van der Waals surface area contributed by atoms with Crippen LogP contribution in [0, 0.1) is 5.92 Å². The highest BCUT2D eigenvalue weighted by Crippen LogP contribution is 2.37. The van der Waals surface area contributed by atoms with Crippen LogP contribution in [0.5, 0.6) is 17.2 Å². The van der Waals surface area contributed by atoms with Gasteiger partial charge in [-0.05, 0) is 48.4 Å². The molecule has 2 rings (SSSR count). The molecule has 0 bridgehead atoms. The van der Waals surface area contributed by atoms with Crippen LogP contribution in [0.2, 0.25) is 0 Å². The molecular formula is C20H30IN3O3S. The van der Waals surface area contributed by atoms with Gasteiger partial charge in [-0.1, -0.05) is 13.0 Å². The third kappa shape index (κ3) is 7.38. The maximum Gasteiger partial charge on any atom is 0.200 e. The summed E-state index contributed by atoms with van der Waals surface area (Å²) >= 11 is 1.79. The number of hydrogen-bond acceptors (Lipinski definition) is 5. The van der Waals surface area contributed by atoms with Crippen LogP contribution in [-0.4, -0.2) is 38.4 Å². The summed E-state index contributed by atoms with van der Waals surface area (Å²) in [6.07, 6.45) is 1.05. The van der Waals surface area contributed by atoms with Crippen LogP contribution < -0.4 is 20.1 Å². The van der Waals surface area contributed by atoms with E-state index in [4.69, 9.17) is 9.47 Å². The molecule has 0 aliphatic rings. The van der Waals surface area contributed by atoms with E-state index < -0.39 is 0 Å². The van der Waals surface area contributed by atoms with Crippen LogP contribution in [0.1, 0.15) is 24.3 Å². The number of nitrogens with zero attached hydrogens (tertiary/aromatic N) is 1.